The number of nitro groups is 1. The van der Waals surface area contributed by atoms with E-state index in [9.17, 15) is 14.9 Å². The molecule has 1 amide bonds. The van der Waals surface area contributed by atoms with Crippen LogP contribution in [0.5, 0.6) is 11.5 Å². The first-order chi connectivity index (χ1) is 11.8. The van der Waals surface area contributed by atoms with Crippen molar-refractivity contribution in [3.63, 3.8) is 0 Å². The van der Waals surface area contributed by atoms with E-state index in [1.54, 1.807) is 0 Å². The van der Waals surface area contributed by atoms with Crippen LogP contribution in [0.2, 0.25) is 0 Å². The lowest BCUT2D eigenvalue weighted by atomic mass is 10.1. The van der Waals surface area contributed by atoms with Crippen LogP contribution < -0.4 is 14.8 Å². The number of benzene rings is 2. The molecule has 0 aliphatic carbocycles. The fourth-order valence-corrected chi connectivity index (χ4v) is 2.39. The first-order valence-electron chi connectivity index (χ1n) is 7.64. The van der Waals surface area contributed by atoms with E-state index in [2.05, 4.69) is 5.32 Å². The van der Waals surface area contributed by atoms with E-state index in [1.807, 2.05) is 32.9 Å². The molecule has 1 N–H and O–H groups in total. The fourth-order valence-electron chi connectivity index (χ4n) is 2.39. The molecule has 2 rings (SSSR count). The first-order valence-corrected chi connectivity index (χ1v) is 7.64. The summed E-state index contributed by atoms with van der Waals surface area (Å²) in [5.41, 5.74) is 3.17. The van der Waals surface area contributed by atoms with Crippen molar-refractivity contribution >= 4 is 17.3 Å². The van der Waals surface area contributed by atoms with Gasteiger partial charge in [-0.3, -0.25) is 14.9 Å². The Balaban J connectivity index is 2.10. The molecule has 132 valence electrons. The van der Waals surface area contributed by atoms with Gasteiger partial charge >= 0.3 is 0 Å². The van der Waals surface area contributed by atoms with Crippen molar-refractivity contribution in [1.29, 1.82) is 0 Å². The summed E-state index contributed by atoms with van der Waals surface area (Å²) in [6, 6.07) is 7.89. The Morgan fingerprint density at radius 3 is 2.52 bits per heavy atom. The number of carbonyl (C=O) groups excluding carboxylic acids is 1. The minimum atomic E-state index is -0.537. The Morgan fingerprint density at radius 2 is 1.88 bits per heavy atom. The number of nitro benzene ring substituents is 1. The van der Waals surface area contributed by atoms with Gasteiger partial charge in [0.25, 0.3) is 11.6 Å². The molecule has 25 heavy (non-hydrogen) atoms. The number of non-ortho nitro benzene ring substituents is 1. The quantitative estimate of drug-likeness (QED) is 0.639. The van der Waals surface area contributed by atoms with Gasteiger partial charge in [-0.1, -0.05) is 6.07 Å². The number of amides is 1. The van der Waals surface area contributed by atoms with E-state index >= 15 is 0 Å². The largest absolute Gasteiger partial charge is 0.495 e. The van der Waals surface area contributed by atoms with Crippen molar-refractivity contribution in [3.05, 3.63) is 57.1 Å². The van der Waals surface area contributed by atoms with E-state index < -0.39 is 10.8 Å². The summed E-state index contributed by atoms with van der Waals surface area (Å²) >= 11 is 0. The maximum Gasteiger partial charge on any atom is 0.271 e. The highest BCUT2D eigenvalue weighted by molar-refractivity contribution is 5.93. The number of nitrogens with one attached hydrogen (secondary N) is 1. The average molecular weight is 344 g/mol. The summed E-state index contributed by atoms with van der Waals surface area (Å²) in [6.07, 6.45) is 0. The fraction of sp³-hybridized carbons (Fsp3) is 0.278. The van der Waals surface area contributed by atoms with Gasteiger partial charge in [-0.25, -0.2) is 0 Å². The summed E-state index contributed by atoms with van der Waals surface area (Å²) in [4.78, 5) is 22.5. The van der Waals surface area contributed by atoms with Gasteiger partial charge in [0, 0.05) is 12.1 Å². The lowest BCUT2D eigenvalue weighted by Gasteiger charge is -2.13. The van der Waals surface area contributed by atoms with Gasteiger partial charge in [-0.2, -0.15) is 0 Å². The Bertz CT molecular complexity index is 817. The monoisotopic (exact) mass is 344 g/mol. The topological polar surface area (TPSA) is 90.7 Å². The lowest BCUT2D eigenvalue weighted by molar-refractivity contribution is -0.384. The third-order valence-electron chi connectivity index (χ3n) is 3.79. The molecule has 0 radical (unpaired) electrons. The molecule has 0 fully saturated rings. The molecule has 0 spiro atoms. The van der Waals surface area contributed by atoms with Gasteiger partial charge in [0.15, 0.2) is 6.61 Å². The molecule has 0 aliphatic rings. The molecular weight excluding hydrogens is 324 g/mol. The summed E-state index contributed by atoms with van der Waals surface area (Å²) < 4.78 is 10.7. The van der Waals surface area contributed by atoms with Crippen molar-refractivity contribution in [1.82, 2.24) is 0 Å². The van der Waals surface area contributed by atoms with Gasteiger partial charge in [-0.05, 0) is 49.6 Å². The van der Waals surface area contributed by atoms with Gasteiger partial charge < -0.3 is 14.8 Å². The van der Waals surface area contributed by atoms with Crippen LogP contribution in [0, 0.1) is 30.9 Å². The van der Waals surface area contributed by atoms with Crippen LogP contribution in [0.15, 0.2) is 30.3 Å². The van der Waals surface area contributed by atoms with Crippen LogP contribution in [-0.4, -0.2) is 24.5 Å². The van der Waals surface area contributed by atoms with Crippen LogP contribution in [0.4, 0.5) is 11.4 Å². The van der Waals surface area contributed by atoms with E-state index in [0.717, 1.165) is 16.7 Å². The highest BCUT2D eigenvalue weighted by atomic mass is 16.6. The predicted molar refractivity (Wildman–Crippen MR) is 94.4 cm³/mol. The zero-order valence-corrected chi connectivity index (χ0v) is 14.6. The van der Waals surface area contributed by atoms with Crippen LogP contribution in [0.1, 0.15) is 16.7 Å². The molecule has 0 aliphatic heterocycles. The normalized spacial score (nSPS) is 10.2. The van der Waals surface area contributed by atoms with Crippen molar-refractivity contribution < 1.29 is 19.2 Å². The van der Waals surface area contributed by atoms with Crippen LogP contribution in [0.25, 0.3) is 0 Å². The second-order valence-corrected chi connectivity index (χ2v) is 5.68. The number of nitrogens with zero attached hydrogens (tertiary/aromatic N) is 1. The van der Waals surface area contributed by atoms with Gasteiger partial charge in [0.1, 0.15) is 11.5 Å². The van der Waals surface area contributed by atoms with Crippen molar-refractivity contribution in [2.75, 3.05) is 19.0 Å². The molecule has 7 nitrogen and oxygen atoms in total. The summed E-state index contributed by atoms with van der Waals surface area (Å²) in [7, 11) is 1.42. The van der Waals surface area contributed by atoms with E-state index in [1.165, 1.54) is 25.3 Å². The molecule has 0 bridgehead atoms. The molecule has 0 atom stereocenters. The van der Waals surface area contributed by atoms with Crippen LogP contribution >= 0.6 is 0 Å². The number of hydrogen-bond acceptors (Lipinski definition) is 5. The number of hydrogen-bond donors (Lipinski definition) is 1. The Kier molecular flexibility index (Phi) is 5.59. The number of anilines is 1. The lowest BCUT2D eigenvalue weighted by Crippen LogP contribution is -2.21. The van der Waals surface area contributed by atoms with Crippen LogP contribution in [-0.2, 0) is 4.79 Å². The maximum atomic E-state index is 12.2. The zero-order valence-electron chi connectivity index (χ0n) is 14.6. The highest BCUT2D eigenvalue weighted by Gasteiger charge is 2.14. The van der Waals surface area contributed by atoms with Crippen molar-refractivity contribution in [3.8, 4) is 11.5 Å². The minimum absolute atomic E-state index is 0.137. The second kappa shape index (κ2) is 7.65. The molecule has 0 saturated carbocycles. The van der Waals surface area contributed by atoms with E-state index in [0.29, 0.717) is 11.5 Å². The number of carbonyl (C=O) groups is 1. The molecule has 2 aromatic carbocycles. The van der Waals surface area contributed by atoms with Crippen molar-refractivity contribution in [2.24, 2.45) is 0 Å². The Hall–Kier alpha value is -3.09. The minimum Gasteiger partial charge on any atom is -0.495 e. The number of ether oxygens (including phenoxy) is 2. The highest BCUT2D eigenvalue weighted by Crippen LogP contribution is 2.29. The molecule has 2 aromatic rings. The third-order valence-corrected chi connectivity index (χ3v) is 3.79. The average Bonchev–Trinajstić information content (AvgIpc) is 2.56. The Morgan fingerprint density at radius 1 is 1.16 bits per heavy atom. The number of aryl methyl sites for hydroxylation is 2. The van der Waals surface area contributed by atoms with E-state index in [4.69, 9.17) is 9.47 Å². The summed E-state index contributed by atoms with van der Waals surface area (Å²) in [5.74, 6) is 0.539. The number of methoxy groups -OCH3 is 1. The van der Waals surface area contributed by atoms with Gasteiger partial charge in [0.2, 0.25) is 0 Å². The smallest absolute Gasteiger partial charge is 0.271 e. The molecule has 0 saturated heterocycles. The molecule has 0 heterocycles. The third kappa shape index (κ3) is 4.47. The maximum absolute atomic E-state index is 12.2. The molecule has 0 unspecified atom stereocenters. The SMILES string of the molecule is COc1ccc([N+](=O)[O-])cc1NC(=O)COc1cc(C)cc(C)c1C. The standard InChI is InChI=1S/C18H20N2O5/c1-11-7-12(2)13(3)17(8-11)25-10-18(21)19-15-9-14(20(22)23)5-6-16(15)24-4/h5-9H,10H2,1-4H3,(H,19,21). The summed E-state index contributed by atoms with van der Waals surface area (Å²) in [6.45, 7) is 5.64. The first kappa shape index (κ1) is 18.3. The molecule has 0 aromatic heterocycles. The molecule has 7 heteroatoms. The predicted octanol–water partition coefficient (Wildman–Crippen LogP) is 3.55. The van der Waals surface area contributed by atoms with Gasteiger partial charge in [0.05, 0.1) is 17.7 Å². The van der Waals surface area contributed by atoms with E-state index in [-0.39, 0.29) is 18.0 Å². The van der Waals surface area contributed by atoms with Gasteiger partial charge in [-0.15, -0.1) is 0 Å². The summed E-state index contributed by atoms with van der Waals surface area (Å²) in [5, 5.41) is 13.5. The van der Waals surface area contributed by atoms with Crippen LogP contribution in [0.3, 0.4) is 0 Å². The zero-order chi connectivity index (χ0) is 18.6. The Labute approximate surface area is 145 Å². The number of rotatable bonds is 6. The van der Waals surface area contributed by atoms with Crippen molar-refractivity contribution in [2.45, 2.75) is 20.8 Å². The molecular formula is C18H20N2O5. The second-order valence-electron chi connectivity index (χ2n) is 5.68.